The lowest BCUT2D eigenvalue weighted by Crippen LogP contribution is -2.32. The molecule has 0 fully saturated rings. The second-order valence-electron chi connectivity index (χ2n) is 5.04. The second-order valence-corrected chi connectivity index (χ2v) is 5.45. The van der Waals surface area contributed by atoms with Gasteiger partial charge in [-0.25, -0.2) is 8.78 Å². The number of hydrogen-bond donors (Lipinski definition) is 2. The third kappa shape index (κ3) is 4.01. The Kier molecular flexibility index (Phi) is 5.44. The van der Waals surface area contributed by atoms with E-state index >= 15 is 0 Å². The van der Waals surface area contributed by atoms with Crippen molar-refractivity contribution in [1.29, 1.82) is 0 Å². The molecule has 116 valence electrons. The molecule has 2 rings (SSSR count). The first-order valence-corrected chi connectivity index (χ1v) is 7.50. The van der Waals surface area contributed by atoms with Gasteiger partial charge in [0.2, 0.25) is 0 Å². The Hall–Kier alpha value is -2.01. The van der Waals surface area contributed by atoms with E-state index in [0.29, 0.717) is 10.8 Å². The summed E-state index contributed by atoms with van der Waals surface area (Å²) >= 11 is 5.26. The molecule has 0 heterocycles. The van der Waals surface area contributed by atoms with Crippen molar-refractivity contribution in [1.82, 2.24) is 5.32 Å². The van der Waals surface area contributed by atoms with Crippen LogP contribution in [0.4, 0.5) is 14.5 Å². The average Bonchev–Trinajstić information content (AvgIpc) is 2.49. The van der Waals surface area contributed by atoms with Crippen LogP contribution in [-0.2, 0) is 0 Å². The molecule has 0 aliphatic heterocycles. The van der Waals surface area contributed by atoms with E-state index in [0.717, 1.165) is 18.6 Å². The van der Waals surface area contributed by atoms with Crippen LogP contribution in [0, 0.1) is 18.6 Å². The number of halogens is 2. The molecule has 0 saturated heterocycles. The smallest absolute Gasteiger partial charge is 0.171 e. The molecule has 0 bridgehead atoms. The first-order chi connectivity index (χ1) is 10.5. The Bertz CT molecular complexity index is 673. The van der Waals surface area contributed by atoms with E-state index in [2.05, 4.69) is 23.6 Å². The Labute approximate surface area is 134 Å². The van der Waals surface area contributed by atoms with Gasteiger partial charge < -0.3 is 10.6 Å². The summed E-state index contributed by atoms with van der Waals surface area (Å²) in [4.78, 5) is 0. The van der Waals surface area contributed by atoms with Crippen LogP contribution >= 0.6 is 12.2 Å². The van der Waals surface area contributed by atoms with Gasteiger partial charge in [-0.2, -0.15) is 0 Å². The molecule has 0 aromatic heterocycles. The van der Waals surface area contributed by atoms with E-state index in [1.54, 1.807) is 0 Å². The van der Waals surface area contributed by atoms with E-state index < -0.39 is 11.6 Å². The lowest BCUT2D eigenvalue weighted by Gasteiger charge is -2.21. The number of anilines is 1. The van der Waals surface area contributed by atoms with E-state index in [4.69, 9.17) is 12.2 Å². The van der Waals surface area contributed by atoms with Crippen LogP contribution in [0.5, 0.6) is 0 Å². The highest BCUT2D eigenvalue weighted by molar-refractivity contribution is 7.80. The SMILES string of the molecule is CCC(NC(=S)Nc1ccc(F)c(F)c1)c1ccccc1C. The molecule has 5 heteroatoms. The standard InChI is InChI=1S/C17H18F2N2S/c1-3-16(13-7-5-4-6-11(13)2)21-17(22)20-12-8-9-14(18)15(19)10-12/h4-10,16H,3H2,1-2H3,(H2,20,21,22). The molecule has 0 saturated carbocycles. The monoisotopic (exact) mass is 320 g/mol. The summed E-state index contributed by atoms with van der Waals surface area (Å²) in [6, 6.07) is 11.7. The fraction of sp³-hybridized carbons (Fsp3) is 0.235. The van der Waals surface area contributed by atoms with Crippen LogP contribution < -0.4 is 10.6 Å². The maximum Gasteiger partial charge on any atom is 0.171 e. The predicted octanol–water partition coefficient (Wildman–Crippen LogP) is 4.71. The van der Waals surface area contributed by atoms with Crippen molar-refractivity contribution in [2.45, 2.75) is 26.3 Å². The normalized spacial score (nSPS) is 11.8. The average molecular weight is 320 g/mol. The van der Waals surface area contributed by atoms with Crippen molar-refractivity contribution in [3.05, 3.63) is 65.2 Å². The van der Waals surface area contributed by atoms with Crippen molar-refractivity contribution in [3.63, 3.8) is 0 Å². The molecule has 2 aromatic rings. The van der Waals surface area contributed by atoms with Crippen LogP contribution in [0.3, 0.4) is 0 Å². The minimum Gasteiger partial charge on any atom is -0.356 e. The first-order valence-electron chi connectivity index (χ1n) is 7.09. The molecule has 0 spiro atoms. The Balaban J connectivity index is 2.06. The summed E-state index contributed by atoms with van der Waals surface area (Å²) in [5, 5.41) is 6.46. The number of hydrogen-bond acceptors (Lipinski definition) is 1. The minimum atomic E-state index is -0.904. The molecule has 2 nitrogen and oxygen atoms in total. The van der Waals surface area contributed by atoms with Crippen LogP contribution in [-0.4, -0.2) is 5.11 Å². The number of benzene rings is 2. The maximum atomic E-state index is 13.2. The highest BCUT2D eigenvalue weighted by Crippen LogP contribution is 2.20. The lowest BCUT2D eigenvalue weighted by molar-refractivity contribution is 0.509. The van der Waals surface area contributed by atoms with Crippen molar-refractivity contribution < 1.29 is 8.78 Å². The highest BCUT2D eigenvalue weighted by atomic mass is 32.1. The summed E-state index contributed by atoms with van der Waals surface area (Å²) in [7, 11) is 0. The molecule has 0 radical (unpaired) electrons. The Morgan fingerprint density at radius 3 is 2.50 bits per heavy atom. The largest absolute Gasteiger partial charge is 0.356 e. The van der Waals surface area contributed by atoms with Gasteiger partial charge in [-0.15, -0.1) is 0 Å². The van der Waals surface area contributed by atoms with E-state index in [9.17, 15) is 8.78 Å². The fourth-order valence-electron chi connectivity index (χ4n) is 2.28. The lowest BCUT2D eigenvalue weighted by atomic mass is 10.00. The van der Waals surface area contributed by atoms with Crippen molar-refractivity contribution in [2.24, 2.45) is 0 Å². The third-order valence-electron chi connectivity index (χ3n) is 3.45. The van der Waals surface area contributed by atoms with Crippen LogP contribution in [0.2, 0.25) is 0 Å². The second kappa shape index (κ2) is 7.31. The van der Waals surface area contributed by atoms with Crippen LogP contribution in [0.15, 0.2) is 42.5 Å². The Morgan fingerprint density at radius 1 is 1.14 bits per heavy atom. The van der Waals surface area contributed by atoms with Crippen molar-refractivity contribution >= 4 is 23.0 Å². The van der Waals surface area contributed by atoms with Crippen molar-refractivity contribution in [3.8, 4) is 0 Å². The quantitative estimate of drug-likeness (QED) is 0.798. The molecule has 1 atom stereocenters. The zero-order valence-corrected chi connectivity index (χ0v) is 13.3. The van der Waals surface area contributed by atoms with Crippen molar-refractivity contribution in [2.75, 3.05) is 5.32 Å². The van der Waals surface area contributed by atoms with E-state index in [1.807, 2.05) is 25.1 Å². The molecular formula is C17H18F2N2S. The zero-order chi connectivity index (χ0) is 16.1. The maximum absolute atomic E-state index is 13.2. The summed E-state index contributed by atoms with van der Waals surface area (Å²) in [6.45, 7) is 4.11. The summed E-state index contributed by atoms with van der Waals surface area (Å²) < 4.78 is 26.1. The zero-order valence-electron chi connectivity index (χ0n) is 12.5. The van der Waals surface area contributed by atoms with Gasteiger partial charge in [-0.1, -0.05) is 31.2 Å². The molecule has 1 unspecified atom stereocenters. The summed E-state index contributed by atoms with van der Waals surface area (Å²) in [5.41, 5.74) is 2.76. The summed E-state index contributed by atoms with van der Waals surface area (Å²) in [5.74, 6) is -1.78. The van der Waals surface area contributed by atoms with E-state index in [1.165, 1.54) is 17.2 Å². The van der Waals surface area contributed by atoms with Gasteiger partial charge in [0.1, 0.15) is 0 Å². The molecule has 2 aromatic carbocycles. The molecule has 2 N–H and O–H groups in total. The minimum absolute atomic E-state index is 0.0616. The summed E-state index contributed by atoms with van der Waals surface area (Å²) in [6.07, 6.45) is 0.852. The fourth-order valence-corrected chi connectivity index (χ4v) is 2.54. The van der Waals surface area contributed by atoms with Gasteiger partial charge in [0.05, 0.1) is 6.04 Å². The molecule has 0 aliphatic carbocycles. The van der Waals surface area contributed by atoms with Gasteiger partial charge in [0.15, 0.2) is 16.7 Å². The van der Waals surface area contributed by atoms with Gasteiger partial charge in [0, 0.05) is 11.8 Å². The van der Waals surface area contributed by atoms with Gasteiger partial charge in [-0.05, 0) is 48.8 Å². The third-order valence-corrected chi connectivity index (χ3v) is 3.67. The molecule has 0 aliphatic rings. The van der Waals surface area contributed by atoms with Crippen LogP contribution in [0.1, 0.15) is 30.5 Å². The molecule has 0 amide bonds. The number of thiocarbonyl (C=S) groups is 1. The first kappa shape index (κ1) is 16.4. The number of rotatable bonds is 4. The number of aryl methyl sites for hydroxylation is 1. The van der Waals surface area contributed by atoms with Gasteiger partial charge in [-0.3, -0.25) is 0 Å². The topological polar surface area (TPSA) is 24.1 Å². The molecular weight excluding hydrogens is 302 g/mol. The Morgan fingerprint density at radius 2 is 1.86 bits per heavy atom. The number of nitrogens with one attached hydrogen (secondary N) is 2. The predicted molar refractivity (Wildman–Crippen MR) is 89.9 cm³/mol. The highest BCUT2D eigenvalue weighted by Gasteiger charge is 2.13. The molecule has 22 heavy (non-hydrogen) atoms. The van der Waals surface area contributed by atoms with E-state index in [-0.39, 0.29) is 6.04 Å². The van der Waals surface area contributed by atoms with Crippen LogP contribution in [0.25, 0.3) is 0 Å². The van der Waals surface area contributed by atoms with Gasteiger partial charge >= 0.3 is 0 Å². The van der Waals surface area contributed by atoms with Gasteiger partial charge in [0.25, 0.3) is 0 Å².